The van der Waals surface area contributed by atoms with Gasteiger partial charge >= 0.3 is 0 Å². The largest absolute Gasteiger partial charge is 0.458 e. The molecule has 0 spiro atoms. The van der Waals surface area contributed by atoms with Crippen molar-refractivity contribution < 1.29 is 9.47 Å². The Balaban J connectivity index is 1.04. The van der Waals surface area contributed by atoms with E-state index >= 15 is 0 Å². The maximum Gasteiger partial charge on any atom is 0.256 e. The van der Waals surface area contributed by atoms with Crippen molar-refractivity contribution in [2.75, 3.05) is 19.6 Å². The van der Waals surface area contributed by atoms with Gasteiger partial charge in [0.1, 0.15) is 23.0 Å². The van der Waals surface area contributed by atoms with Crippen LogP contribution in [0.15, 0.2) is 243 Å². The van der Waals surface area contributed by atoms with Crippen LogP contribution in [0.3, 0.4) is 0 Å². The predicted octanol–water partition coefficient (Wildman–Crippen LogP) is 18.6. The molecule has 0 atom stereocenters. The fourth-order valence-electron chi connectivity index (χ4n) is 14.8. The lowest BCUT2D eigenvalue weighted by atomic mass is 9.31. The van der Waals surface area contributed by atoms with E-state index in [0.717, 1.165) is 113 Å². The number of rotatable bonds is 8. The average Bonchev–Trinajstić information content (AvgIpc) is 0.694. The Hall–Kier alpha value is -9.65. The van der Waals surface area contributed by atoms with Crippen molar-refractivity contribution in [2.45, 2.75) is 105 Å². The standard InChI is InChI=1S/C82H76B2N4O2/c1-79(2,3)57-35-19-25-41-65(57)87(66-42-26-20-36-58(66)80(4,5)6)55-47-71-77-75(49-55)89-73-45-29-23-39-61(73)83(77)63-51-64-70(52-69(63)85(71)53-31-15-13-16-32-53)86(54-33-17-14-18-34-54)72-48-56(50-76-78(72)84(64)62-40-24-30-46-74(62)90-76)88(67-43-27-21-37-59(67)81(7,8)9)68-44-28-22-38-60(68)82(10,11)12/h13-52H,1-12H3. The number of hydrogen-bond acceptors (Lipinski definition) is 6. The van der Waals surface area contributed by atoms with Crippen molar-refractivity contribution in [3.8, 4) is 23.0 Å². The van der Waals surface area contributed by atoms with Gasteiger partial charge in [0.2, 0.25) is 0 Å². The molecular weight excluding hydrogens is 1090 g/mol. The Morgan fingerprint density at radius 1 is 0.278 bits per heavy atom. The van der Waals surface area contributed by atoms with Crippen molar-refractivity contribution in [3.63, 3.8) is 0 Å². The van der Waals surface area contributed by atoms with Gasteiger partial charge in [-0.15, -0.1) is 0 Å². The highest BCUT2D eigenvalue weighted by Crippen LogP contribution is 2.53. The normalized spacial score (nSPS) is 13.6. The molecular formula is C82H76B2N4O2. The highest BCUT2D eigenvalue weighted by molar-refractivity contribution is 7.02. The fourth-order valence-corrected chi connectivity index (χ4v) is 14.8. The van der Waals surface area contributed by atoms with Crippen LogP contribution in [0.1, 0.15) is 105 Å². The van der Waals surface area contributed by atoms with Crippen molar-refractivity contribution in [1.82, 2.24) is 0 Å². The van der Waals surface area contributed by atoms with E-state index in [-0.39, 0.29) is 35.1 Å². The summed E-state index contributed by atoms with van der Waals surface area (Å²) >= 11 is 0. The molecule has 0 aromatic heterocycles. The number of anilines is 12. The Kier molecular flexibility index (Phi) is 13.3. The lowest BCUT2D eigenvalue weighted by Crippen LogP contribution is -2.63. The number of para-hydroxylation sites is 8. The molecule has 11 aromatic carbocycles. The molecule has 4 heterocycles. The minimum Gasteiger partial charge on any atom is -0.458 e. The van der Waals surface area contributed by atoms with Crippen molar-refractivity contribution in [1.29, 1.82) is 0 Å². The summed E-state index contributed by atoms with van der Waals surface area (Å²) in [6, 6.07) is 89.9. The molecule has 4 aliphatic rings. The molecule has 6 nitrogen and oxygen atoms in total. The topological polar surface area (TPSA) is 31.4 Å². The van der Waals surface area contributed by atoms with Gasteiger partial charge in [0, 0.05) is 69.0 Å². The summed E-state index contributed by atoms with van der Waals surface area (Å²) in [4.78, 5) is 10.1. The van der Waals surface area contributed by atoms with Gasteiger partial charge < -0.3 is 29.1 Å². The minimum atomic E-state index is -0.186. The van der Waals surface area contributed by atoms with Gasteiger partial charge in [-0.25, -0.2) is 0 Å². The molecule has 8 heteroatoms. The molecule has 0 saturated heterocycles. The molecule has 0 unspecified atom stereocenters. The Morgan fingerprint density at radius 2 is 0.578 bits per heavy atom. The lowest BCUT2D eigenvalue weighted by Gasteiger charge is -2.45. The third-order valence-corrected chi connectivity index (χ3v) is 18.8. The summed E-state index contributed by atoms with van der Waals surface area (Å²) in [5, 5.41) is 0. The molecule has 0 radical (unpaired) electrons. The Labute approximate surface area is 533 Å². The summed E-state index contributed by atoms with van der Waals surface area (Å²) in [6.07, 6.45) is 0. The first-order chi connectivity index (χ1) is 43.2. The van der Waals surface area contributed by atoms with Crippen LogP contribution in [0.5, 0.6) is 23.0 Å². The van der Waals surface area contributed by atoms with Crippen molar-refractivity contribution in [3.05, 3.63) is 265 Å². The average molecular weight is 1170 g/mol. The second-order valence-electron chi connectivity index (χ2n) is 29.0. The SMILES string of the molecule is CC(C)(C)c1ccccc1N(c1cc2c3c(c1)N(c1ccccc1)c1cc4c(cc1B3c1ccccc1O2)B1c2ccccc2Oc2cc(N(c3ccccc3C(C)(C)C)c3ccccc3C(C)(C)C)cc(c21)N4c1ccccc1)c1ccccc1C(C)(C)C. The third-order valence-electron chi connectivity index (χ3n) is 18.8. The molecule has 0 aliphatic carbocycles. The van der Waals surface area contributed by atoms with E-state index in [1.165, 1.54) is 33.2 Å². The molecule has 442 valence electrons. The van der Waals surface area contributed by atoms with E-state index in [1.54, 1.807) is 0 Å². The molecule has 0 saturated carbocycles. The second kappa shape index (κ2) is 21.0. The minimum absolute atomic E-state index is 0.176. The summed E-state index contributed by atoms with van der Waals surface area (Å²) in [6.45, 7) is 27.5. The zero-order chi connectivity index (χ0) is 62.2. The van der Waals surface area contributed by atoms with Gasteiger partial charge in [-0.3, -0.25) is 0 Å². The maximum absolute atomic E-state index is 7.39. The zero-order valence-corrected chi connectivity index (χ0v) is 53.9. The van der Waals surface area contributed by atoms with E-state index in [1.807, 2.05) is 0 Å². The van der Waals surface area contributed by atoms with Gasteiger partial charge in [-0.2, -0.15) is 0 Å². The van der Waals surface area contributed by atoms with Gasteiger partial charge in [0.15, 0.2) is 0 Å². The molecule has 0 amide bonds. The van der Waals surface area contributed by atoms with Crippen LogP contribution in [0, 0.1) is 0 Å². The zero-order valence-electron chi connectivity index (χ0n) is 53.9. The van der Waals surface area contributed by atoms with E-state index < -0.39 is 0 Å². The van der Waals surface area contributed by atoms with E-state index in [0.29, 0.717) is 0 Å². The van der Waals surface area contributed by atoms with Crippen LogP contribution in [-0.2, 0) is 21.7 Å². The van der Waals surface area contributed by atoms with E-state index in [2.05, 4.69) is 345 Å². The molecule has 11 aromatic rings. The van der Waals surface area contributed by atoms with Crippen LogP contribution in [0.2, 0.25) is 0 Å². The monoisotopic (exact) mass is 1170 g/mol. The van der Waals surface area contributed by atoms with Gasteiger partial charge in [0.25, 0.3) is 13.4 Å². The summed E-state index contributed by atoms with van der Waals surface area (Å²) < 4.78 is 14.8. The molecule has 4 aliphatic heterocycles. The highest BCUT2D eigenvalue weighted by atomic mass is 16.5. The van der Waals surface area contributed by atoms with Crippen LogP contribution < -0.4 is 61.9 Å². The molecule has 90 heavy (non-hydrogen) atoms. The number of ether oxygens (including phenoxy) is 2. The van der Waals surface area contributed by atoms with Gasteiger partial charge in [-0.05, 0) is 156 Å². The number of nitrogens with zero attached hydrogens (tertiary/aromatic N) is 4. The number of benzene rings is 11. The third kappa shape index (κ3) is 9.31. The summed E-state index contributed by atoms with van der Waals surface area (Å²) in [5.74, 6) is 3.41. The first-order valence-corrected chi connectivity index (χ1v) is 32.0. The quantitative estimate of drug-likeness (QED) is 0.141. The Bertz CT molecular complexity index is 4240. The van der Waals surface area contributed by atoms with E-state index in [4.69, 9.17) is 9.47 Å². The molecule has 0 N–H and O–H groups in total. The van der Waals surface area contributed by atoms with Crippen molar-refractivity contribution >= 4 is 114 Å². The smallest absolute Gasteiger partial charge is 0.256 e. The van der Waals surface area contributed by atoms with Crippen LogP contribution >= 0.6 is 0 Å². The summed E-state index contributed by atoms with van der Waals surface area (Å²) in [5.41, 5.74) is 24.3. The number of fused-ring (bicyclic) bond motifs is 8. The first kappa shape index (κ1) is 56.8. The van der Waals surface area contributed by atoms with Gasteiger partial charge in [-0.1, -0.05) is 235 Å². The highest BCUT2D eigenvalue weighted by Gasteiger charge is 2.48. The van der Waals surface area contributed by atoms with Crippen LogP contribution in [0.25, 0.3) is 0 Å². The first-order valence-electron chi connectivity index (χ1n) is 32.0. The maximum atomic E-state index is 7.39. The van der Waals surface area contributed by atoms with Crippen LogP contribution in [0.4, 0.5) is 68.2 Å². The van der Waals surface area contributed by atoms with Gasteiger partial charge in [0.05, 0.1) is 11.4 Å². The lowest BCUT2D eigenvalue weighted by molar-refractivity contribution is 0.487. The molecule has 0 fully saturated rings. The fraction of sp³-hybridized carbons (Fsp3) is 0.195. The second-order valence-corrected chi connectivity index (χ2v) is 29.0. The van der Waals surface area contributed by atoms with E-state index in [9.17, 15) is 0 Å². The van der Waals surface area contributed by atoms with Crippen LogP contribution in [-0.4, -0.2) is 13.4 Å². The van der Waals surface area contributed by atoms with Crippen molar-refractivity contribution in [2.24, 2.45) is 0 Å². The number of hydrogen-bond donors (Lipinski definition) is 0. The summed E-state index contributed by atoms with van der Waals surface area (Å²) in [7, 11) is 0. The molecule has 0 bridgehead atoms. The predicted molar refractivity (Wildman–Crippen MR) is 382 cm³/mol. The molecule has 15 rings (SSSR count). The Morgan fingerprint density at radius 3 is 0.911 bits per heavy atom.